The van der Waals surface area contributed by atoms with Gasteiger partial charge in [-0.3, -0.25) is 27.3 Å². The molecule has 0 fully saturated rings. The highest BCUT2D eigenvalue weighted by molar-refractivity contribution is 7.87. The van der Waals surface area contributed by atoms with E-state index in [0.717, 1.165) is 36.4 Å². The summed E-state index contributed by atoms with van der Waals surface area (Å²) in [5, 5.41) is 33.4. The molecular weight excluding hydrogens is 1210 g/mol. The standard InChI is InChI=1S/C21H18N4O9S2.C12H11N3O6S2.C6H8N2O3S.C6H7NO3S/c22-18-14-7-11(2-4-13(14)15(26)8-17(18)36(32,33)34)25-21(28)24-10-1-3-12-9(5-10)6-16(35(29,30)31)19(23)20(12)27;13-11-6-3-9(7-12(11)23(19,20)21)15-14-8-1-4-10(5-2-8)22(16,17)18;7-4-1-2-5(8)6(3-4)12(9,10)11;7-5-1-3-6(4-2-5)11(8,9)10/h1-8,26-27H,22-23H2,(H2,24,25,28)(H,29,30,31)(H,32,33,34);1-7H,13H2,(H,16,17,18)(H,19,20,21);1-3H,7-8H2,(H,9,10,11);1-4H,7H2,(H,8,9,10). The molecular formula is C45H44N10O21S6. The molecule has 0 aromatic heterocycles. The number of nitrogens with one attached hydrogen (secondary N) is 2. The number of nitrogens with two attached hydrogens (primary N) is 6. The number of carbonyl (C=O) groups is 1. The number of hydrogen-bond acceptors (Lipinski definition) is 23. The average molecular weight is 1250 g/mol. The van der Waals surface area contributed by atoms with Crippen molar-refractivity contribution >= 4 is 145 Å². The summed E-state index contributed by atoms with van der Waals surface area (Å²) >= 11 is 0. The van der Waals surface area contributed by atoms with Crippen LogP contribution in [0.4, 0.5) is 61.7 Å². The van der Waals surface area contributed by atoms with Gasteiger partial charge in [0.05, 0.1) is 43.9 Å². The third-order valence-electron chi connectivity index (χ3n) is 10.5. The number of carbonyl (C=O) groups excluding carboxylic acids is 1. The predicted molar refractivity (Wildman–Crippen MR) is 299 cm³/mol. The fourth-order valence-corrected chi connectivity index (χ4v) is 10.2. The monoisotopic (exact) mass is 1250 g/mol. The quantitative estimate of drug-likeness (QED) is 0.0264. The van der Waals surface area contributed by atoms with Crippen LogP contribution in [-0.4, -0.2) is 94.1 Å². The number of nitrogen functional groups attached to an aromatic ring is 6. The van der Waals surface area contributed by atoms with Crippen molar-refractivity contribution < 1.29 is 92.8 Å². The van der Waals surface area contributed by atoms with Crippen LogP contribution in [0.15, 0.2) is 173 Å². The zero-order chi connectivity index (χ0) is 61.7. The minimum absolute atomic E-state index is 0.0216. The molecule has 0 atom stereocenters. The van der Waals surface area contributed by atoms with Crippen molar-refractivity contribution in [1.82, 2.24) is 0 Å². The average Bonchev–Trinajstić information content (AvgIpc) is 3.45. The molecule has 0 bridgehead atoms. The molecule has 22 N–H and O–H groups in total. The first-order chi connectivity index (χ1) is 37.6. The van der Waals surface area contributed by atoms with Gasteiger partial charge in [-0.25, -0.2) is 4.79 Å². The van der Waals surface area contributed by atoms with Crippen molar-refractivity contribution in [2.24, 2.45) is 10.2 Å². The highest BCUT2D eigenvalue weighted by Crippen LogP contribution is 2.39. The second-order valence-corrected chi connectivity index (χ2v) is 24.8. The Morgan fingerprint density at radius 2 is 0.793 bits per heavy atom. The van der Waals surface area contributed by atoms with Gasteiger partial charge in [0.15, 0.2) is 0 Å². The largest absolute Gasteiger partial charge is 0.507 e. The highest BCUT2D eigenvalue weighted by atomic mass is 32.2. The van der Waals surface area contributed by atoms with Gasteiger partial charge in [-0.15, -0.1) is 0 Å². The maximum atomic E-state index is 12.5. The molecule has 8 aromatic rings. The zero-order valence-electron chi connectivity index (χ0n) is 40.9. The number of rotatable bonds is 10. The van der Waals surface area contributed by atoms with Crippen LogP contribution >= 0.6 is 0 Å². The van der Waals surface area contributed by atoms with Crippen molar-refractivity contribution in [3.8, 4) is 11.5 Å². The molecule has 0 aliphatic carbocycles. The summed E-state index contributed by atoms with van der Waals surface area (Å²) in [5.41, 5.74) is 33.1. The molecule has 8 aromatic carbocycles. The number of urea groups is 1. The minimum Gasteiger partial charge on any atom is -0.507 e. The molecule has 0 aliphatic heterocycles. The number of azo groups is 1. The van der Waals surface area contributed by atoms with Gasteiger partial charge in [0.2, 0.25) is 0 Å². The summed E-state index contributed by atoms with van der Waals surface area (Å²) in [4.78, 5) is 9.85. The molecule has 0 unspecified atom stereocenters. The summed E-state index contributed by atoms with van der Waals surface area (Å²) in [6, 6.07) is 27.0. The SMILES string of the molecule is Nc1c(S(=O)(=O)O)cc2cc(NC(=O)Nc3ccc4c(O)cc(S(=O)(=O)O)c(N)c4c3)ccc2c1O.Nc1ccc(N)c(S(=O)(=O)O)c1.Nc1ccc(N=Nc2ccc(S(=O)(=O)O)cc2)cc1S(=O)(=O)O.Nc1ccc(S(=O)(=O)O)cc1. The lowest BCUT2D eigenvalue weighted by atomic mass is 10.1. The molecule has 0 heterocycles. The van der Waals surface area contributed by atoms with Crippen LogP contribution < -0.4 is 45.0 Å². The van der Waals surface area contributed by atoms with Crippen LogP contribution in [-0.2, 0) is 60.7 Å². The molecule has 31 nitrogen and oxygen atoms in total. The van der Waals surface area contributed by atoms with E-state index in [1.165, 1.54) is 97.1 Å². The van der Waals surface area contributed by atoms with Gasteiger partial charge in [-0.05, 0) is 133 Å². The van der Waals surface area contributed by atoms with Gasteiger partial charge in [-0.1, -0.05) is 0 Å². The Labute approximate surface area is 465 Å². The van der Waals surface area contributed by atoms with E-state index in [-0.39, 0.29) is 81.7 Å². The Morgan fingerprint density at radius 1 is 0.378 bits per heavy atom. The Bertz CT molecular complexity index is 4560. The number of phenols is 2. The maximum Gasteiger partial charge on any atom is 0.323 e. The lowest BCUT2D eigenvalue weighted by Crippen LogP contribution is -2.19. The van der Waals surface area contributed by atoms with E-state index in [1.807, 2.05) is 0 Å². The number of aromatic hydroxyl groups is 2. The third-order valence-corrected chi connectivity index (χ3v) is 15.8. The predicted octanol–water partition coefficient (Wildman–Crippen LogP) is 5.50. The Balaban J connectivity index is 0.000000227. The summed E-state index contributed by atoms with van der Waals surface area (Å²) in [6.07, 6.45) is 0. The van der Waals surface area contributed by atoms with Crippen LogP contribution in [0.3, 0.4) is 0 Å². The molecule has 0 saturated heterocycles. The van der Waals surface area contributed by atoms with Crippen LogP contribution in [0.5, 0.6) is 11.5 Å². The van der Waals surface area contributed by atoms with E-state index in [4.69, 9.17) is 52.6 Å². The smallest absolute Gasteiger partial charge is 0.323 e. The van der Waals surface area contributed by atoms with Crippen molar-refractivity contribution in [2.45, 2.75) is 29.4 Å². The van der Waals surface area contributed by atoms with Gasteiger partial charge in [-0.2, -0.15) is 60.7 Å². The minimum atomic E-state index is -4.73. The highest BCUT2D eigenvalue weighted by Gasteiger charge is 2.22. The second-order valence-electron chi connectivity index (χ2n) is 16.4. The van der Waals surface area contributed by atoms with Gasteiger partial charge >= 0.3 is 6.03 Å². The first-order valence-electron chi connectivity index (χ1n) is 21.6. The van der Waals surface area contributed by atoms with Gasteiger partial charge in [0.25, 0.3) is 60.7 Å². The number of fused-ring (bicyclic) bond motifs is 2. The topological polar surface area (TPSA) is 589 Å². The fourth-order valence-electron chi connectivity index (χ4n) is 6.68. The van der Waals surface area contributed by atoms with Crippen LogP contribution in [0, 0.1) is 0 Å². The lowest BCUT2D eigenvalue weighted by molar-refractivity contribution is 0.262. The molecule has 2 amide bonds. The number of amides is 2. The fraction of sp³-hybridized carbons (Fsp3) is 0. The van der Waals surface area contributed by atoms with E-state index >= 15 is 0 Å². The van der Waals surface area contributed by atoms with Crippen molar-refractivity contribution in [2.75, 3.05) is 45.0 Å². The van der Waals surface area contributed by atoms with Gasteiger partial charge < -0.3 is 55.2 Å². The van der Waals surface area contributed by atoms with Crippen LogP contribution in [0.1, 0.15) is 0 Å². The normalized spacial score (nSPS) is 12.0. The molecule has 0 spiro atoms. The third kappa shape index (κ3) is 16.8. The first kappa shape index (κ1) is 63.8. The molecule has 0 radical (unpaired) electrons. The van der Waals surface area contributed by atoms with Gasteiger partial charge in [0.1, 0.15) is 31.1 Å². The number of nitrogens with zero attached hydrogens (tertiary/aromatic N) is 2. The molecule has 37 heteroatoms. The zero-order valence-corrected chi connectivity index (χ0v) is 45.8. The van der Waals surface area contributed by atoms with Crippen LogP contribution in [0.25, 0.3) is 21.5 Å². The van der Waals surface area contributed by atoms with Crippen LogP contribution in [0.2, 0.25) is 0 Å². The second kappa shape index (κ2) is 24.4. The van der Waals surface area contributed by atoms with E-state index in [0.29, 0.717) is 5.69 Å². The maximum absolute atomic E-state index is 12.5. The number of phenolic OH excluding ortho intramolecular Hbond substituents is 2. The Hall–Kier alpha value is -8.99. The Kier molecular flexibility index (Phi) is 19.0. The van der Waals surface area contributed by atoms with E-state index < -0.39 is 98.6 Å². The van der Waals surface area contributed by atoms with E-state index in [2.05, 4.69) is 20.9 Å². The van der Waals surface area contributed by atoms with E-state index in [9.17, 15) is 74.6 Å². The first-order valence-corrected chi connectivity index (χ1v) is 30.2. The molecule has 0 aliphatic rings. The number of anilines is 8. The molecule has 8 rings (SSSR count). The summed E-state index contributed by atoms with van der Waals surface area (Å²) < 4.78 is 186. The van der Waals surface area contributed by atoms with Crippen molar-refractivity contribution in [1.29, 1.82) is 0 Å². The van der Waals surface area contributed by atoms with E-state index in [1.54, 1.807) is 0 Å². The molecule has 436 valence electrons. The summed E-state index contributed by atoms with van der Waals surface area (Å²) in [6.45, 7) is 0. The van der Waals surface area contributed by atoms with Gasteiger partial charge in [0, 0.05) is 45.0 Å². The van der Waals surface area contributed by atoms with Crippen molar-refractivity contribution in [3.05, 3.63) is 133 Å². The molecule has 0 saturated carbocycles. The number of hydrogen-bond donors (Lipinski definition) is 16. The van der Waals surface area contributed by atoms with Crippen molar-refractivity contribution in [3.63, 3.8) is 0 Å². The summed E-state index contributed by atoms with van der Waals surface area (Å²) in [7, 11) is -26.6. The Morgan fingerprint density at radius 3 is 1.28 bits per heavy atom. The summed E-state index contributed by atoms with van der Waals surface area (Å²) in [5.74, 6) is -1.01. The lowest BCUT2D eigenvalue weighted by Gasteiger charge is -2.13. The molecule has 82 heavy (non-hydrogen) atoms. The number of benzene rings is 8.